The van der Waals surface area contributed by atoms with Crippen molar-refractivity contribution in [3.05, 3.63) is 40.0 Å². The Labute approximate surface area is 150 Å². The summed E-state index contributed by atoms with van der Waals surface area (Å²) in [5.74, 6) is 2.40. The molecule has 0 bridgehead atoms. The Hall–Kier alpha value is -1.41. The third kappa shape index (κ3) is 3.09. The van der Waals surface area contributed by atoms with Crippen molar-refractivity contribution in [1.82, 2.24) is 0 Å². The molecule has 1 N–H and O–H groups in total. The molecular formula is C21H27ClO2. The van der Waals surface area contributed by atoms with Gasteiger partial charge in [0.2, 0.25) is 0 Å². The summed E-state index contributed by atoms with van der Waals surface area (Å²) in [6.07, 6.45) is 8.67. The molecule has 1 aliphatic carbocycles. The first-order valence-electron chi connectivity index (χ1n) is 9.03. The van der Waals surface area contributed by atoms with Crippen molar-refractivity contribution in [2.45, 2.75) is 65.2 Å². The van der Waals surface area contributed by atoms with Crippen molar-refractivity contribution in [1.29, 1.82) is 0 Å². The Kier molecular flexibility index (Phi) is 4.96. The Morgan fingerprint density at radius 1 is 1.38 bits per heavy atom. The first-order valence-corrected chi connectivity index (χ1v) is 9.41. The predicted molar refractivity (Wildman–Crippen MR) is 100 cm³/mol. The molecule has 24 heavy (non-hydrogen) atoms. The number of allylic oxidation sites excluding steroid dienone is 3. The number of halogens is 1. The maximum absolute atomic E-state index is 10.8. The zero-order valence-electron chi connectivity index (χ0n) is 14.9. The van der Waals surface area contributed by atoms with E-state index >= 15 is 0 Å². The zero-order valence-corrected chi connectivity index (χ0v) is 15.7. The van der Waals surface area contributed by atoms with E-state index in [1.54, 1.807) is 0 Å². The predicted octanol–water partition coefficient (Wildman–Crippen LogP) is 6.90. The molecule has 0 fully saturated rings. The third-order valence-electron chi connectivity index (χ3n) is 5.36. The van der Waals surface area contributed by atoms with Gasteiger partial charge in [-0.3, -0.25) is 0 Å². The first kappa shape index (κ1) is 17.4. The van der Waals surface area contributed by atoms with Gasteiger partial charge in [-0.05, 0) is 45.4 Å². The van der Waals surface area contributed by atoms with Crippen LogP contribution in [0.25, 0.3) is 0 Å². The molecular weight excluding hydrogens is 320 g/mol. The maximum atomic E-state index is 10.8. The van der Waals surface area contributed by atoms with Crippen LogP contribution in [0.5, 0.6) is 17.2 Å². The Morgan fingerprint density at radius 3 is 2.79 bits per heavy atom. The minimum atomic E-state index is 0.106. The van der Waals surface area contributed by atoms with Gasteiger partial charge in [0, 0.05) is 17.0 Å². The highest BCUT2D eigenvalue weighted by Gasteiger charge is 2.40. The average molecular weight is 347 g/mol. The molecule has 2 aliphatic rings. The number of benzene rings is 1. The molecule has 0 aromatic heterocycles. The van der Waals surface area contributed by atoms with Crippen LogP contribution in [-0.4, -0.2) is 5.11 Å². The van der Waals surface area contributed by atoms with E-state index in [4.69, 9.17) is 16.3 Å². The van der Waals surface area contributed by atoms with E-state index in [2.05, 4.69) is 33.4 Å². The molecule has 2 atom stereocenters. The summed E-state index contributed by atoms with van der Waals surface area (Å²) in [7, 11) is 0. The molecule has 0 saturated heterocycles. The van der Waals surface area contributed by atoms with E-state index < -0.39 is 0 Å². The lowest BCUT2D eigenvalue weighted by atomic mass is 9.74. The Balaban J connectivity index is 1.99. The van der Waals surface area contributed by atoms with Crippen LogP contribution in [0.3, 0.4) is 0 Å². The van der Waals surface area contributed by atoms with Gasteiger partial charge in [0.1, 0.15) is 5.75 Å². The SMILES string of the molecule is C=C(C)C1CCC(C)=C[C@H]1c1c(O)c(Cl)c(CCCCC)c2c1O2. The highest BCUT2D eigenvalue weighted by atomic mass is 35.5. The molecule has 0 radical (unpaired) electrons. The lowest BCUT2D eigenvalue weighted by molar-refractivity contribution is 0.434. The number of unbranched alkanes of at least 4 members (excludes halogenated alkanes) is 2. The van der Waals surface area contributed by atoms with Crippen molar-refractivity contribution in [3.63, 3.8) is 0 Å². The van der Waals surface area contributed by atoms with Crippen LogP contribution in [0.2, 0.25) is 5.02 Å². The van der Waals surface area contributed by atoms with E-state index in [0.29, 0.717) is 10.9 Å². The van der Waals surface area contributed by atoms with Gasteiger partial charge < -0.3 is 9.84 Å². The number of aromatic hydroxyl groups is 1. The lowest BCUT2D eigenvalue weighted by Gasteiger charge is -2.30. The minimum Gasteiger partial charge on any atom is -0.506 e. The summed E-state index contributed by atoms with van der Waals surface area (Å²) < 4.78 is 5.81. The fraction of sp³-hybridized carbons (Fsp3) is 0.524. The van der Waals surface area contributed by atoms with E-state index in [1.165, 1.54) is 5.57 Å². The molecule has 2 nitrogen and oxygen atoms in total. The second-order valence-electron chi connectivity index (χ2n) is 7.30. The summed E-state index contributed by atoms with van der Waals surface area (Å²) in [6, 6.07) is 0. The van der Waals surface area contributed by atoms with Crippen LogP contribution >= 0.6 is 11.6 Å². The molecule has 1 unspecified atom stereocenters. The van der Waals surface area contributed by atoms with Gasteiger partial charge >= 0.3 is 0 Å². The van der Waals surface area contributed by atoms with Gasteiger partial charge in [-0.2, -0.15) is 0 Å². The Bertz CT molecular complexity index is 703. The van der Waals surface area contributed by atoms with Gasteiger partial charge in [0.25, 0.3) is 0 Å². The molecule has 1 aromatic carbocycles. The monoisotopic (exact) mass is 346 g/mol. The van der Waals surface area contributed by atoms with Gasteiger partial charge in [0.15, 0.2) is 11.5 Å². The number of fused-ring (bicyclic) bond motifs is 1. The number of phenols is 1. The van der Waals surface area contributed by atoms with Crippen molar-refractivity contribution in [2.24, 2.45) is 5.92 Å². The summed E-state index contributed by atoms with van der Waals surface area (Å²) in [4.78, 5) is 0. The zero-order chi connectivity index (χ0) is 17.4. The summed E-state index contributed by atoms with van der Waals surface area (Å²) in [5, 5.41) is 11.3. The number of ether oxygens (including phenoxy) is 1. The van der Waals surface area contributed by atoms with E-state index in [-0.39, 0.29) is 11.7 Å². The smallest absolute Gasteiger partial charge is 0.178 e. The quantitative estimate of drug-likeness (QED) is 0.350. The van der Waals surface area contributed by atoms with Crippen LogP contribution in [-0.2, 0) is 6.42 Å². The fourth-order valence-corrected chi connectivity index (χ4v) is 4.19. The fourth-order valence-electron chi connectivity index (χ4n) is 3.91. The molecule has 1 aromatic rings. The van der Waals surface area contributed by atoms with Crippen molar-refractivity contribution < 1.29 is 9.84 Å². The molecule has 0 spiro atoms. The molecule has 1 heterocycles. The van der Waals surface area contributed by atoms with Crippen LogP contribution in [0.15, 0.2) is 23.8 Å². The van der Waals surface area contributed by atoms with Gasteiger partial charge in [-0.25, -0.2) is 0 Å². The maximum Gasteiger partial charge on any atom is 0.178 e. The third-order valence-corrected chi connectivity index (χ3v) is 5.77. The van der Waals surface area contributed by atoms with E-state index in [1.807, 2.05) is 0 Å². The normalized spacial score (nSPS) is 21.8. The molecule has 0 amide bonds. The first-order chi connectivity index (χ1) is 11.5. The van der Waals surface area contributed by atoms with E-state index in [0.717, 1.165) is 66.7 Å². The molecule has 1 aliphatic heterocycles. The van der Waals surface area contributed by atoms with Gasteiger partial charge in [-0.15, -0.1) is 0 Å². The van der Waals surface area contributed by atoms with Crippen molar-refractivity contribution in [3.8, 4) is 17.2 Å². The highest BCUT2D eigenvalue weighted by molar-refractivity contribution is 6.33. The molecule has 130 valence electrons. The molecule has 3 rings (SSSR count). The number of phenolic OH excluding ortho intramolecular Hbond substituents is 1. The lowest BCUT2D eigenvalue weighted by Crippen LogP contribution is -2.16. The topological polar surface area (TPSA) is 32.8 Å². The number of hydrogen-bond donors (Lipinski definition) is 1. The van der Waals surface area contributed by atoms with Gasteiger partial charge in [0.05, 0.1) is 5.02 Å². The Morgan fingerprint density at radius 2 is 2.12 bits per heavy atom. The van der Waals surface area contributed by atoms with Crippen LogP contribution in [0, 0.1) is 5.92 Å². The number of hydrogen-bond acceptors (Lipinski definition) is 2. The standard InChI is InChI=1S/C21H27ClO2/c1-5-6-7-8-15-18(22)19(23)17(21-20(15)24-21)16-11-13(4)9-10-14(16)12(2)3/h11,14,16,23H,2,5-10H2,1,3-4H3/t14?,16-/m1/s1. The average Bonchev–Trinajstić information content (AvgIpc) is 3.31. The largest absolute Gasteiger partial charge is 0.506 e. The second kappa shape index (κ2) is 6.84. The molecule has 0 saturated carbocycles. The second-order valence-corrected chi connectivity index (χ2v) is 7.68. The highest BCUT2D eigenvalue weighted by Crippen LogP contribution is 2.62. The minimum absolute atomic E-state index is 0.106. The van der Waals surface area contributed by atoms with Crippen molar-refractivity contribution >= 4 is 11.6 Å². The van der Waals surface area contributed by atoms with Crippen LogP contribution in [0.4, 0.5) is 0 Å². The van der Waals surface area contributed by atoms with Crippen LogP contribution < -0.4 is 4.74 Å². The molecule has 3 heteroatoms. The summed E-state index contributed by atoms with van der Waals surface area (Å²) in [5.41, 5.74) is 4.35. The summed E-state index contributed by atoms with van der Waals surface area (Å²) >= 11 is 6.53. The van der Waals surface area contributed by atoms with Crippen molar-refractivity contribution in [2.75, 3.05) is 0 Å². The van der Waals surface area contributed by atoms with E-state index in [9.17, 15) is 5.11 Å². The van der Waals surface area contributed by atoms with Gasteiger partial charge in [-0.1, -0.05) is 55.2 Å². The number of rotatable bonds is 6. The van der Waals surface area contributed by atoms with Crippen LogP contribution in [0.1, 0.15) is 69.9 Å². The summed E-state index contributed by atoms with van der Waals surface area (Å²) in [6.45, 7) is 10.6.